The Hall–Kier alpha value is -1.50. The van der Waals surface area contributed by atoms with Crippen molar-refractivity contribution in [2.45, 2.75) is 20.8 Å². The van der Waals surface area contributed by atoms with Crippen LogP contribution in [-0.2, 0) is 4.74 Å². The molecule has 0 N–H and O–H groups in total. The highest BCUT2D eigenvalue weighted by atomic mass is 32.1. The summed E-state index contributed by atoms with van der Waals surface area (Å²) in [7, 11) is 0. The van der Waals surface area contributed by atoms with Crippen molar-refractivity contribution < 1.29 is 9.53 Å². The van der Waals surface area contributed by atoms with Crippen LogP contribution in [0.4, 0.5) is 0 Å². The van der Waals surface area contributed by atoms with Crippen LogP contribution in [0.25, 0.3) is 19.6 Å². The number of thiophene rings is 2. The molecule has 0 atom stereocenters. The van der Waals surface area contributed by atoms with E-state index in [2.05, 4.69) is 35.5 Å². The average molecular weight is 350 g/mol. The first kappa shape index (κ1) is 15.4. The lowest BCUT2D eigenvalue weighted by atomic mass is 10.2. The van der Waals surface area contributed by atoms with Gasteiger partial charge in [0.05, 0.1) is 17.2 Å². The number of aryl methyl sites for hydroxylation is 2. The Morgan fingerprint density at radius 3 is 2.64 bits per heavy atom. The average Bonchev–Trinajstić information content (AvgIpc) is 3.17. The summed E-state index contributed by atoms with van der Waals surface area (Å²) in [5, 5.41) is 2.99. The van der Waals surface area contributed by atoms with Gasteiger partial charge >= 0.3 is 5.97 Å². The highest BCUT2D eigenvalue weighted by Crippen LogP contribution is 2.40. The van der Waals surface area contributed by atoms with Gasteiger partial charge in [-0.2, -0.15) is 0 Å². The van der Waals surface area contributed by atoms with E-state index >= 15 is 0 Å². The third-order valence-electron chi connectivity index (χ3n) is 3.16. The summed E-state index contributed by atoms with van der Waals surface area (Å²) in [6.07, 6.45) is 0. The van der Waals surface area contributed by atoms with E-state index < -0.39 is 0 Å². The highest BCUT2D eigenvalue weighted by Gasteiger charge is 2.18. The molecular weight excluding hydrogens is 334 g/mol. The van der Waals surface area contributed by atoms with Crippen molar-refractivity contribution in [1.82, 2.24) is 4.98 Å². The number of hydrogen-bond donors (Lipinski definition) is 0. The molecular formula is C16H15NO2S3. The van der Waals surface area contributed by atoms with Crippen LogP contribution in [-0.4, -0.2) is 17.6 Å². The number of rotatable bonds is 4. The van der Waals surface area contributed by atoms with Gasteiger partial charge in [0, 0.05) is 9.75 Å². The van der Waals surface area contributed by atoms with Crippen molar-refractivity contribution in [3.63, 3.8) is 0 Å². The molecule has 0 saturated carbocycles. The van der Waals surface area contributed by atoms with Gasteiger partial charge < -0.3 is 4.74 Å². The second kappa shape index (κ2) is 6.32. The zero-order valence-electron chi connectivity index (χ0n) is 12.5. The van der Waals surface area contributed by atoms with Gasteiger partial charge in [0.2, 0.25) is 0 Å². The second-order valence-corrected chi connectivity index (χ2v) is 7.75. The fourth-order valence-corrected chi connectivity index (χ4v) is 5.23. The number of hydrogen-bond acceptors (Lipinski definition) is 6. The van der Waals surface area contributed by atoms with Crippen LogP contribution >= 0.6 is 34.0 Å². The zero-order chi connectivity index (χ0) is 15.7. The second-order valence-electron chi connectivity index (χ2n) is 4.75. The number of nitrogens with zero attached hydrogens (tertiary/aromatic N) is 1. The Bertz CT molecular complexity index is 813. The fourth-order valence-electron chi connectivity index (χ4n) is 2.09. The minimum absolute atomic E-state index is 0.283. The lowest BCUT2D eigenvalue weighted by Crippen LogP contribution is -2.03. The summed E-state index contributed by atoms with van der Waals surface area (Å²) < 4.78 is 5.07. The number of carbonyl (C=O) groups excluding carboxylic acids is 1. The number of esters is 1. The summed E-state index contributed by atoms with van der Waals surface area (Å²) in [6, 6.07) is 6.33. The van der Waals surface area contributed by atoms with E-state index in [1.807, 2.05) is 13.8 Å². The van der Waals surface area contributed by atoms with Crippen LogP contribution in [0.15, 0.2) is 23.6 Å². The number of carbonyl (C=O) groups is 1. The summed E-state index contributed by atoms with van der Waals surface area (Å²) in [5.41, 5.74) is 2.03. The zero-order valence-corrected chi connectivity index (χ0v) is 15.0. The molecule has 3 nitrogen and oxygen atoms in total. The van der Waals surface area contributed by atoms with Gasteiger partial charge in [-0.15, -0.1) is 34.0 Å². The molecule has 0 unspecified atom stereocenters. The van der Waals surface area contributed by atoms with E-state index in [0.29, 0.717) is 11.5 Å². The SMILES string of the molecule is CCOC(=O)c1sc(-c2ccc(-c3sccc3C)s2)nc1C. The van der Waals surface area contributed by atoms with Crippen molar-refractivity contribution in [1.29, 1.82) is 0 Å². The molecule has 6 heteroatoms. The molecule has 0 aliphatic carbocycles. The van der Waals surface area contributed by atoms with E-state index in [1.54, 1.807) is 22.7 Å². The van der Waals surface area contributed by atoms with Gasteiger partial charge in [0.1, 0.15) is 9.88 Å². The van der Waals surface area contributed by atoms with Crippen LogP contribution in [0.1, 0.15) is 27.9 Å². The van der Waals surface area contributed by atoms with Crippen molar-refractivity contribution >= 4 is 40.0 Å². The van der Waals surface area contributed by atoms with Crippen LogP contribution in [0.2, 0.25) is 0 Å². The maximum Gasteiger partial charge on any atom is 0.350 e. The third kappa shape index (κ3) is 2.86. The third-order valence-corrected chi connectivity index (χ3v) is 6.75. The first-order valence-electron chi connectivity index (χ1n) is 6.89. The Morgan fingerprint density at radius 1 is 1.18 bits per heavy atom. The maximum atomic E-state index is 11.9. The van der Waals surface area contributed by atoms with Crippen LogP contribution in [0.5, 0.6) is 0 Å². The molecule has 0 radical (unpaired) electrons. The Morgan fingerprint density at radius 2 is 1.95 bits per heavy atom. The normalized spacial score (nSPS) is 10.9. The minimum atomic E-state index is -0.283. The number of thiazole rings is 1. The van der Waals surface area contributed by atoms with Gasteiger partial charge in [-0.1, -0.05) is 0 Å². The van der Waals surface area contributed by atoms with Crippen molar-refractivity contribution in [3.05, 3.63) is 39.7 Å². The molecule has 3 rings (SSSR count). The maximum absolute atomic E-state index is 11.9. The van der Waals surface area contributed by atoms with Gasteiger partial charge in [0.25, 0.3) is 0 Å². The van der Waals surface area contributed by atoms with Crippen molar-refractivity contribution in [2.24, 2.45) is 0 Å². The Kier molecular flexibility index (Phi) is 4.42. The summed E-state index contributed by atoms with van der Waals surface area (Å²) in [6.45, 7) is 6.16. The van der Waals surface area contributed by atoms with Gasteiger partial charge in [-0.3, -0.25) is 0 Å². The predicted molar refractivity (Wildman–Crippen MR) is 94.2 cm³/mol. The summed E-state index contributed by atoms with van der Waals surface area (Å²) in [4.78, 5) is 20.7. The molecule has 3 aromatic rings. The Labute approximate surface area is 141 Å². The van der Waals surface area contributed by atoms with E-state index in [1.165, 1.54) is 26.7 Å². The molecule has 0 aromatic carbocycles. The standard InChI is InChI=1S/C16H15NO2S3/c1-4-19-16(18)14-10(3)17-15(22-14)12-6-5-11(21-12)13-9(2)7-8-20-13/h5-8H,4H2,1-3H3. The topological polar surface area (TPSA) is 39.2 Å². The molecule has 0 fully saturated rings. The molecule has 0 spiro atoms. The highest BCUT2D eigenvalue weighted by molar-refractivity contribution is 7.26. The minimum Gasteiger partial charge on any atom is -0.462 e. The van der Waals surface area contributed by atoms with Gasteiger partial charge in [-0.25, -0.2) is 9.78 Å². The van der Waals surface area contributed by atoms with Crippen LogP contribution < -0.4 is 0 Å². The predicted octanol–water partition coefficient (Wildman–Crippen LogP) is 5.39. The summed E-state index contributed by atoms with van der Waals surface area (Å²) in [5.74, 6) is -0.283. The lowest BCUT2D eigenvalue weighted by Gasteiger charge is -1.97. The van der Waals surface area contributed by atoms with E-state index in [0.717, 1.165) is 15.6 Å². The molecule has 22 heavy (non-hydrogen) atoms. The monoisotopic (exact) mass is 349 g/mol. The van der Waals surface area contributed by atoms with Gasteiger partial charge in [-0.05, 0) is 49.9 Å². The molecule has 0 aliphatic heterocycles. The smallest absolute Gasteiger partial charge is 0.350 e. The van der Waals surface area contributed by atoms with Crippen molar-refractivity contribution in [2.75, 3.05) is 6.61 Å². The molecule has 0 amide bonds. The molecule has 0 saturated heterocycles. The largest absolute Gasteiger partial charge is 0.462 e. The lowest BCUT2D eigenvalue weighted by molar-refractivity contribution is 0.0531. The van der Waals surface area contributed by atoms with Crippen molar-refractivity contribution in [3.8, 4) is 19.6 Å². The quantitative estimate of drug-likeness (QED) is 0.593. The molecule has 0 bridgehead atoms. The van der Waals surface area contributed by atoms with Crippen LogP contribution in [0.3, 0.4) is 0 Å². The van der Waals surface area contributed by atoms with E-state index in [4.69, 9.17) is 4.74 Å². The van der Waals surface area contributed by atoms with E-state index in [-0.39, 0.29) is 5.97 Å². The molecule has 0 aliphatic rings. The fraction of sp³-hybridized carbons (Fsp3) is 0.250. The van der Waals surface area contributed by atoms with E-state index in [9.17, 15) is 4.79 Å². The molecule has 3 heterocycles. The van der Waals surface area contributed by atoms with Crippen LogP contribution in [0, 0.1) is 13.8 Å². The number of aromatic nitrogens is 1. The first-order chi connectivity index (χ1) is 10.6. The first-order valence-corrected chi connectivity index (χ1v) is 9.40. The molecule has 3 aromatic heterocycles. The number of ether oxygens (including phenoxy) is 1. The van der Waals surface area contributed by atoms with Gasteiger partial charge in [0.15, 0.2) is 0 Å². The summed E-state index contributed by atoms with van der Waals surface area (Å²) >= 11 is 4.87. The molecule has 114 valence electrons. The Balaban J connectivity index is 1.93.